The summed E-state index contributed by atoms with van der Waals surface area (Å²) in [6.45, 7) is 1.99. The fourth-order valence-electron chi connectivity index (χ4n) is 4.13. The van der Waals surface area contributed by atoms with Crippen molar-refractivity contribution >= 4 is 5.91 Å². The van der Waals surface area contributed by atoms with Gasteiger partial charge in [0, 0.05) is 5.92 Å². The van der Waals surface area contributed by atoms with E-state index in [9.17, 15) is 9.18 Å². The van der Waals surface area contributed by atoms with E-state index in [4.69, 9.17) is 0 Å². The van der Waals surface area contributed by atoms with Crippen LogP contribution in [0.15, 0.2) is 54.6 Å². The Hall–Kier alpha value is -2.20. The summed E-state index contributed by atoms with van der Waals surface area (Å²) in [6, 6.07) is 16.0. The van der Waals surface area contributed by atoms with Gasteiger partial charge in [-0.1, -0.05) is 42.5 Å². The zero-order valence-electron chi connectivity index (χ0n) is 14.2. The van der Waals surface area contributed by atoms with Crippen molar-refractivity contribution in [3.63, 3.8) is 0 Å². The van der Waals surface area contributed by atoms with Crippen LogP contribution in [0, 0.1) is 17.2 Å². The molecule has 130 valence electrons. The van der Waals surface area contributed by atoms with Gasteiger partial charge in [0.15, 0.2) is 0 Å². The maximum atomic E-state index is 13.7. The fraction of sp³-hybridized carbons (Fsp3) is 0.381. The lowest BCUT2D eigenvalue weighted by Gasteiger charge is -2.25. The Balaban J connectivity index is 1.56. The van der Waals surface area contributed by atoms with Gasteiger partial charge < -0.3 is 10.6 Å². The number of halogens is 1. The van der Waals surface area contributed by atoms with E-state index < -0.39 is 0 Å². The highest BCUT2D eigenvalue weighted by Crippen LogP contribution is 2.58. The number of rotatable bonds is 4. The number of benzene rings is 2. The molecule has 1 aliphatic carbocycles. The van der Waals surface area contributed by atoms with Crippen LogP contribution in [0.25, 0.3) is 0 Å². The maximum Gasteiger partial charge on any atom is 0.224 e. The topological polar surface area (TPSA) is 41.1 Å². The van der Waals surface area contributed by atoms with Crippen molar-refractivity contribution in [2.24, 2.45) is 11.3 Å². The Labute approximate surface area is 147 Å². The molecule has 1 aliphatic heterocycles. The molecule has 1 saturated carbocycles. The molecular formula is C21H23FN2O. The Morgan fingerprint density at radius 1 is 1.08 bits per heavy atom. The molecule has 2 fully saturated rings. The van der Waals surface area contributed by atoms with Crippen molar-refractivity contribution in [1.29, 1.82) is 0 Å². The van der Waals surface area contributed by atoms with E-state index in [2.05, 4.69) is 10.6 Å². The van der Waals surface area contributed by atoms with Crippen LogP contribution in [-0.4, -0.2) is 19.0 Å². The third-order valence-corrected chi connectivity index (χ3v) is 5.71. The minimum absolute atomic E-state index is 0.0920. The van der Waals surface area contributed by atoms with Crippen LogP contribution in [0.2, 0.25) is 0 Å². The van der Waals surface area contributed by atoms with Crippen LogP contribution < -0.4 is 10.6 Å². The second-order valence-corrected chi connectivity index (χ2v) is 7.28. The smallest absolute Gasteiger partial charge is 0.224 e. The zero-order chi connectivity index (χ0) is 17.3. The van der Waals surface area contributed by atoms with Gasteiger partial charge in [-0.3, -0.25) is 4.79 Å². The summed E-state index contributed by atoms with van der Waals surface area (Å²) in [5, 5.41) is 6.55. The molecule has 2 aliphatic rings. The SMILES string of the molecule is O=C(NC(c1ccccc1)c1cccc(F)c1)C1CC12CCNCC2. The molecule has 1 heterocycles. The van der Waals surface area contributed by atoms with E-state index in [-0.39, 0.29) is 29.1 Å². The normalized spacial score (nSPS) is 22.4. The molecule has 2 N–H and O–H groups in total. The molecule has 2 aromatic rings. The summed E-state index contributed by atoms with van der Waals surface area (Å²) >= 11 is 0. The molecular weight excluding hydrogens is 315 g/mol. The molecule has 2 atom stereocenters. The largest absolute Gasteiger partial charge is 0.345 e. The molecule has 0 bridgehead atoms. The van der Waals surface area contributed by atoms with Gasteiger partial charge in [-0.25, -0.2) is 4.39 Å². The van der Waals surface area contributed by atoms with Crippen molar-refractivity contribution < 1.29 is 9.18 Å². The third-order valence-electron chi connectivity index (χ3n) is 5.71. The van der Waals surface area contributed by atoms with Gasteiger partial charge in [-0.05, 0) is 61.0 Å². The van der Waals surface area contributed by atoms with Crippen molar-refractivity contribution in [2.75, 3.05) is 13.1 Å². The molecule has 1 amide bonds. The summed E-state index contributed by atoms with van der Waals surface area (Å²) in [4.78, 5) is 12.9. The first kappa shape index (κ1) is 16.3. The van der Waals surface area contributed by atoms with Gasteiger partial charge in [0.1, 0.15) is 5.82 Å². The van der Waals surface area contributed by atoms with E-state index >= 15 is 0 Å². The van der Waals surface area contributed by atoms with Crippen molar-refractivity contribution in [3.8, 4) is 0 Å². The monoisotopic (exact) mass is 338 g/mol. The molecule has 0 radical (unpaired) electrons. The Kier molecular flexibility index (Phi) is 4.30. The van der Waals surface area contributed by atoms with E-state index in [1.165, 1.54) is 12.1 Å². The minimum Gasteiger partial charge on any atom is -0.345 e. The second-order valence-electron chi connectivity index (χ2n) is 7.28. The number of nitrogens with one attached hydrogen (secondary N) is 2. The van der Waals surface area contributed by atoms with Gasteiger partial charge in [0.2, 0.25) is 5.91 Å². The highest BCUT2D eigenvalue weighted by molar-refractivity contribution is 5.83. The number of piperidine rings is 1. The molecule has 25 heavy (non-hydrogen) atoms. The van der Waals surface area contributed by atoms with Gasteiger partial charge >= 0.3 is 0 Å². The first-order valence-electron chi connectivity index (χ1n) is 8.99. The predicted octanol–water partition coefficient (Wildman–Crippen LogP) is 3.42. The van der Waals surface area contributed by atoms with E-state index in [0.29, 0.717) is 0 Å². The minimum atomic E-state index is -0.316. The Morgan fingerprint density at radius 2 is 1.80 bits per heavy atom. The molecule has 2 aromatic carbocycles. The van der Waals surface area contributed by atoms with E-state index in [0.717, 1.165) is 43.5 Å². The van der Waals surface area contributed by atoms with Crippen LogP contribution in [0.1, 0.15) is 36.4 Å². The lowest BCUT2D eigenvalue weighted by molar-refractivity contribution is -0.123. The maximum absolute atomic E-state index is 13.7. The summed E-state index contributed by atoms with van der Waals surface area (Å²) in [7, 11) is 0. The Bertz CT molecular complexity index is 756. The second kappa shape index (κ2) is 6.60. The highest BCUT2D eigenvalue weighted by Gasteiger charge is 2.57. The standard InChI is InChI=1S/C21H23FN2O/c22-17-8-4-7-16(13-17)19(15-5-2-1-3-6-15)24-20(25)18-14-21(18)9-11-23-12-10-21/h1-8,13,18-19,23H,9-12,14H2,(H,24,25). The number of hydrogen-bond acceptors (Lipinski definition) is 2. The van der Waals surface area contributed by atoms with Gasteiger partial charge in [-0.15, -0.1) is 0 Å². The number of carbonyl (C=O) groups excluding carboxylic acids is 1. The lowest BCUT2D eigenvalue weighted by Crippen LogP contribution is -2.35. The van der Waals surface area contributed by atoms with Crippen LogP contribution in [-0.2, 0) is 4.79 Å². The third kappa shape index (κ3) is 3.31. The number of carbonyl (C=O) groups is 1. The summed E-state index contributed by atoms with van der Waals surface area (Å²) < 4.78 is 13.7. The molecule has 3 nitrogen and oxygen atoms in total. The molecule has 4 rings (SSSR count). The number of hydrogen-bond donors (Lipinski definition) is 2. The van der Waals surface area contributed by atoms with Crippen LogP contribution in [0.5, 0.6) is 0 Å². The molecule has 1 spiro atoms. The molecule has 1 saturated heterocycles. The first-order chi connectivity index (χ1) is 12.2. The summed E-state index contributed by atoms with van der Waals surface area (Å²) in [5.74, 6) is -0.0942. The van der Waals surface area contributed by atoms with Crippen LogP contribution in [0.3, 0.4) is 0 Å². The zero-order valence-corrected chi connectivity index (χ0v) is 14.2. The van der Waals surface area contributed by atoms with Gasteiger partial charge in [0.25, 0.3) is 0 Å². The number of amides is 1. The van der Waals surface area contributed by atoms with Crippen molar-refractivity contribution in [3.05, 3.63) is 71.5 Å². The van der Waals surface area contributed by atoms with Crippen molar-refractivity contribution in [1.82, 2.24) is 10.6 Å². The average molecular weight is 338 g/mol. The average Bonchev–Trinajstić information content (AvgIpc) is 3.34. The summed E-state index contributed by atoms with van der Waals surface area (Å²) in [6.07, 6.45) is 3.12. The Morgan fingerprint density at radius 3 is 2.52 bits per heavy atom. The van der Waals surface area contributed by atoms with Crippen LogP contribution >= 0.6 is 0 Å². The van der Waals surface area contributed by atoms with Gasteiger partial charge in [-0.2, -0.15) is 0 Å². The predicted molar refractivity (Wildman–Crippen MR) is 95.5 cm³/mol. The summed E-state index contributed by atoms with van der Waals surface area (Å²) in [5.41, 5.74) is 1.94. The lowest BCUT2D eigenvalue weighted by atomic mass is 9.91. The van der Waals surface area contributed by atoms with Crippen LogP contribution in [0.4, 0.5) is 4.39 Å². The highest BCUT2D eigenvalue weighted by atomic mass is 19.1. The molecule has 0 aromatic heterocycles. The van der Waals surface area contributed by atoms with Crippen molar-refractivity contribution in [2.45, 2.75) is 25.3 Å². The molecule has 4 heteroatoms. The quantitative estimate of drug-likeness (QED) is 0.897. The fourth-order valence-corrected chi connectivity index (χ4v) is 4.13. The molecule has 2 unspecified atom stereocenters. The van der Waals surface area contributed by atoms with E-state index in [1.807, 2.05) is 36.4 Å². The first-order valence-corrected chi connectivity index (χ1v) is 8.99. The van der Waals surface area contributed by atoms with E-state index in [1.54, 1.807) is 6.07 Å². The van der Waals surface area contributed by atoms with Gasteiger partial charge in [0.05, 0.1) is 6.04 Å².